The van der Waals surface area contributed by atoms with E-state index in [-0.39, 0.29) is 30.0 Å². The van der Waals surface area contributed by atoms with Gasteiger partial charge < -0.3 is 10.0 Å². The van der Waals surface area contributed by atoms with Gasteiger partial charge in [-0.3, -0.25) is 23.9 Å². The minimum Gasteiger partial charge on any atom is -0.481 e. The molecule has 0 aliphatic carbocycles. The number of thiocarbonyl (C=S) groups is 1. The van der Waals surface area contributed by atoms with Crippen molar-refractivity contribution < 1.29 is 14.7 Å². The standard InChI is InChI=1S/C25H32N4O4S2/c1-5-6-8-28-22(27-13-15(2)10-16(3)14-27)18(17(4)19(12-26)23(28)32)11-20-24(33)29(25(34)35-20)9-7-21(30)31/h11,15-16H,5-10,13-14H2,1-4H3,(H,30,31)/b20-11-. The normalized spacial score (nSPS) is 21.6. The van der Waals surface area contributed by atoms with Crippen LogP contribution in [-0.2, 0) is 16.1 Å². The first-order chi connectivity index (χ1) is 16.6. The van der Waals surface area contributed by atoms with Crippen LogP contribution in [0.1, 0.15) is 63.1 Å². The Morgan fingerprint density at radius 2 is 1.91 bits per heavy atom. The zero-order valence-corrected chi connectivity index (χ0v) is 22.3. The maximum Gasteiger partial charge on any atom is 0.305 e. The quantitative estimate of drug-likeness (QED) is 0.408. The topological polar surface area (TPSA) is 107 Å². The van der Waals surface area contributed by atoms with Gasteiger partial charge in [-0.2, -0.15) is 5.26 Å². The minimum atomic E-state index is -1.00. The van der Waals surface area contributed by atoms with E-state index in [0.29, 0.717) is 38.7 Å². The number of carbonyl (C=O) groups is 2. The number of rotatable bonds is 8. The molecule has 0 spiro atoms. The molecule has 8 nitrogen and oxygen atoms in total. The number of nitriles is 1. The molecule has 3 rings (SSSR count). The SMILES string of the molecule is CCCCn1c(N2CC(C)CC(C)C2)c(/C=C2\SC(=S)N(CCC(=O)O)C2=O)c(C)c(C#N)c1=O. The molecule has 1 N–H and O–H groups in total. The number of carbonyl (C=O) groups excluding carboxylic acids is 1. The summed E-state index contributed by atoms with van der Waals surface area (Å²) >= 11 is 6.48. The fraction of sp³-hybridized carbons (Fsp3) is 0.560. The van der Waals surface area contributed by atoms with Crippen molar-refractivity contribution in [1.29, 1.82) is 5.26 Å². The van der Waals surface area contributed by atoms with Gasteiger partial charge in [0.15, 0.2) is 0 Å². The van der Waals surface area contributed by atoms with Gasteiger partial charge in [-0.25, -0.2) is 0 Å². The van der Waals surface area contributed by atoms with Crippen molar-refractivity contribution in [3.8, 4) is 6.07 Å². The highest BCUT2D eigenvalue weighted by Crippen LogP contribution is 2.37. The summed E-state index contributed by atoms with van der Waals surface area (Å²) in [5, 5.41) is 18.8. The largest absolute Gasteiger partial charge is 0.481 e. The van der Waals surface area contributed by atoms with Gasteiger partial charge in [0.05, 0.1) is 11.3 Å². The molecule has 10 heteroatoms. The first-order valence-corrected chi connectivity index (χ1v) is 13.2. The predicted octanol–water partition coefficient (Wildman–Crippen LogP) is 3.99. The first kappa shape index (κ1) is 27.0. The fourth-order valence-electron chi connectivity index (χ4n) is 4.88. The van der Waals surface area contributed by atoms with Crippen LogP contribution < -0.4 is 10.5 Å². The molecule has 2 unspecified atom stereocenters. The summed E-state index contributed by atoms with van der Waals surface area (Å²) in [6.07, 6.45) is 4.32. The Balaban J connectivity index is 2.20. The lowest BCUT2D eigenvalue weighted by atomic mass is 9.91. The lowest BCUT2D eigenvalue weighted by molar-refractivity contribution is -0.137. The molecule has 3 heterocycles. The summed E-state index contributed by atoms with van der Waals surface area (Å²) < 4.78 is 2.01. The van der Waals surface area contributed by atoms with Crippen LogP contribution in [0.25, 0.3) is 6.08 Å². The summed E-state index contributed by atoms with van der Waals surface area (Å²) in [5.41, 5.74) is 1.00. The van der Waals surface area contributed by atoms with Gasteiger partial charge in [0, 0.05) is 31.7 Å². The molecule has 1 amide bonds. The molecule has 188 valence electrons. The van der Waals surface area contributed by atoms with E-state index < -0.39 is 5.97 Å². The van der Waals surface area contributed by atoms with Crippen molar-refractivity contribution in [2.24, 2.45) is 11.8 Å². The molecule has 1 aromatic rings. The summed E-state index contributed by atoms with van der Waals surface area (Å²) in [4.78, 5) is 41.4. The van der Waals surface area contributed by atoms with E-state index in [9.17, 15) is 19.6 Å². The number of aliphatic carboxylic acids is 1. The number of piperidine rings is 1. The van der Waals surface area contributed by atoms with Gasteiger partial charge in [-0.15, -0.1) is 0 Å². The zero-order chi connectivity index (χ0) is 25.9. The highest BCUT2D eigenvalue weighted by molar-refractivity contribution is 8.26. The lowest BCUT2D eigenvalue weighted by Crippen LogP contribution is -2.43. The number of thioether (sulfide) groups is 1. The van der Waals surface area contributed by atoms with E-state index >= 15 is 0 Å². The third-order valence-electron chi connectivity index (χ3n) is 6.45. The summed E-state index contributed by atoms with van der Waals surface area (Å²) in [5.74, 6) is 0.264. The summed E-state index contributed by atoms with van der Waals surface area (Å²) in [6, 6.07) is 2.08. The van der Waals surface area contributed by atoms with Gasteiger partial charge in [0.1, 0.15) is 21.8 Å². The smallest absolute Gasteiger partial charge is 0.305 e. The molecular formula is C25H32N4O4S2. The van der Waals surface area contributed by atoms with Crippen LogP contribution in [0.4, 0.5) is 5.82 Å². The molecule has 2 saturated heterocycles. The van der Waals surface area contributed by atoms with Crippen molar-refractivity contribution in [1.82, 2.24) is 9.47 Å². The number of hydrogen-bond acceptors (Lipinski definition) is 7. The van der Waals surface area contributed by atoms with Crippen LogP contribution in [0.15, 0.2) is 9.70 Å². The molecule has 1 aromatic heterocycles. The highest BCUT2D eigenvalue weighted by atomic mass is 32.2. The van der Waals surface area contributed by atoms with E-state index in [2.05, 4.69) is 31.7 Å². The van der Waals surface area contributed by atoms with E-state index in [0.717, 1.165) is 49.9 Å². The third kappa shape index (κ3) is 5.78. The number of pyridine rings is 1. The van der Waals surface area contributed by atoms with Crippen molar-refractivity contribution in [2.45, 2.75) is 59.9 Å². The van der Waals surface area contributed by atoms with Crippen molar-refractivity contribution in [2.75, 3.05) is 24.5 Å². The predicted molar refractivity (Wildman–Crippen MR) is 142 cm³/mol. The van der Waals surface area contributed by atoms with Crippen molar-refractivity contribution in [3.05, 3.63) is 31.9 Å². The molecular weight excluding hydrogens is 484 g/mol. The van der Waals surface area contributed by atoms with Gasteiger partial charge in [0.25, 0.3) is 11.5 Å². The molecule has 2 atom stereocenters. The molecule has 0 saturated carbocycles. The van der Waals surface area contributed by atoms with Gasteiger partial charge >= 0.3 is 5.97 Å². The number of unbranched alkanes of at least 4 members (excludes halogenated alkanes) is 1. The molecule has 0 bridgehead atoms. The number of carboxylic acids is 1. The Hall–Kier alpha value is -2.64. The lowest BCUT2D eigenvalue weighted by Gasteiger charge is -2.39. The van der Waals surface area contributed by atoms with Crippen LogP contribution in [-0.4, -0.2) is 50.4 Å². The average molecular weight is 517 g/mol. The maximum absolute atomic E-state index is 13.4. The van der Waals surface area contributed by atoms with Crippen molar-refractivity contribution >= 4 is 52.1 Å². The summed E-state index contributed by atoms with van der Waals surface area (Å²) in [6.45, 7) is 10.2. The zero-order valence-electron chi connectivity index (χ0n) is 20.7. The molecule has 2 aliphatic heterocycles. The molecule has 0 radical (unpaired) electrons. The van der Waals surface area contributed by atoms with E-state index in [1.165, 1.54) is 4.90 Å². The molecule has 35 heavy (non-hydrogen) atoms. The van der Waals surface area contributed by atoms with Crippen molar-refractivity contribution in [3.63, 3.8) is 0 Å². The molecule has 2 aliphatic rings. The van der Waals surface area contributed by atoms with Crippen LogP contribution in [0, 0.1) is 30.1 Å². The van der Waals surface area contributed by atoms with E-state index in [4.69, 9.17) is 17.3 Å². The average Bonchev–Trinajstić information content (AvgIpc) is 3.05. The van der Waals surface area contributed by atoms with Crippen LogP contribution >= 0.6 is 24.0 Å². The Labute approximate surface area is 215 Å². The van der Waals surface area contributed by atoms with E-state index in [1.54, 1.807) is 17.6 Å². The second-order valence-corrected chi connectivity index (χ2v) is 11.2. The van der Waals surface area contributed by atoms with Gasteiger partial charge in [0.2, 0.25) is 0 Å². The Morgan fingerprint density at radius 3 is 2.49 bits per heavy atom. The number of carboxylic acid groups (broad SMARTS) is 1. The number of anilines is 1. The molecule has 2 fully saturated rings. The monoisotopic (exact) mass is 516 g/mol. The van der Waals surface area contributed by atoms with Crippen LogP contribution in [0.3, 0.4) is 0 Å². The number of aromatic nitrogens is 1. The van der Waals surface area contributed by atoms with Gasteiger partial charge in [-0.05, 0) is 43.2 Å². The van der Waals surface area contributed by atoms with Crippen LogP contribution in [0.2, 0.25) is 0 Å². The summed E-state index contributed by atoms with van der Waals surface area (Å²) in [7, 11) is 0. The maximum atomic E-state index is 13.4. The number of hydrogen-bond donors (Lipinski definition) is 1. The number of nitrogens with zero attached hydrogens (tertiary/aromatic N) is 4. The first-order valence-electron chi connectivity index (χ1n) is 12.0. The van der Waals surface area contributed by atoms with E-state index in [1.807, 2.05) is 0 Å². The minimum absolute atomic E-state index is 0.00375. The molecule has 0 aromatic carbocycles. The fourth-order valence-corrected chi connectivity index (χ4v) is 6.17. The second-order valence-electron chi connectivity index (χ2n) is 9.49. The third-order valence-corrected chi connectivity index (χ3v) is 7.83. The van der Waals surface area contributed by atoms with Crippen LogP contribution in [0.5, 0.6) is 0 Å². The highest BCUT2D eigenvalue weighted by Gasteiger charge is 2.34. The number of amides is 1. The Kier molecular flexibility index (Phi) is 8.78. The van der Waals surface area contributed by atoms with Gasteiger partial charge in [-0.1, -0.05) is 51.2 Å². The Morgan fingerprint density at radius 1 is 1.26 bits per heavy atom. The Bertz CT molecular complexity index is 1160. The second kappa shape index (κ2) is 11.4.